The van der Waals surface area contributed by atoms with Gasteiger partial charge in [0.05, 0.1) is 0 Å². The predicted octanol–water partition coefficient (Wildman–Crippen LogP) is 0.794. The number of nitrogens with one attached hydrogen (secondary N) is 1. The highest BCUT2D eigenvalue weighted by molar-refractivity contribution is 4.75. The molecule has 1 rings (SSSR count). The normalized spacial score (nSPS) is 34.1. The van der Waals surface area contributed by atoms with E-state index < -0.39 is 0 Å². The zero-order valence-corrected chi connectivity index (χ0v) is 7.93. The summed E-state index contributed by atoms with van der Waals surface area (Å²) in [6.07, 6.45) is 1.39. The van der Waals surface area contributed by atoms with Crippen LogP contribution in [0, 0.1) is 11.8 Å². The predicted molar refractivity (Wildman–Crippen MR) is 48.7 cm³/mol. The molecule has 2 nitrogen and oxygen atoms in total. The monoisotopic (exact) mass is 156 g/mol. The van der Waals surface area contributed by atoms with Gasteiger partial charge in [0.1, 0.15) is 0 Å². The van der Waals surface area contributed by atoms with Crippen molar-refractivity contribution in [3.8, 4) is 0 Å². The smallest absolute Gasteiger partial charge is 0.00190 e. The van der Waals surface area contributed by atoms with Gasteiger partial charge < -0.3 is 10.2 Å². The molecule has 0 aromatic carbocycles. The van der Waals surface area contributed by atoms with Crippen LogP contribution in [-0.4, -0.2) is 38.6 Å². The second kappa shape index (κ2) is 4.07. The largest absolute Gasteiger partial charge is 0.319 e. The Balaban J connectivity index is 2.30. The first-order chi connectivity index (χ1) is 5.22. The molecular weight excluding hydrogens is 136 g/mol. The van der Waals surface area contributed by atoms with Gasteiger partial charge >= 0.3 is 0 Å². The molecule has 1 aliphatic heterocycles. The van der Waals surface area contributed by atoms with Crippen molar-refractivity contribution in [3.05, 3.63) is 0 Å². The summed E-state index contributed by atoms with van der Waals surface area (Å²) in [5.41, 5.74) is 0. The topological polar surface area (TPSA) is 15.3 Å². The van der Waals surface area contributed by atoms with E-state index in [0.29, 0.717) is 0 Å². The van der Waals surface area contributed by atoms with Crippen LogP contribution in [0.25, 0.3) is 0 Å². The van der Waals surface area contributed by atoms with Gasteiger partial charge in [-0.05, 0) is 38.9 Å². The van der Waals surface area contributed by atoms with Gasteiger partial charge in [0.25, 0.3) is 0 Å². The minimum Gasteiger partial charge on any atom is -0.319 e. The van der Waals surface area contributed by atoms with Gasteiger partial charge in [0.2, 0.25) is 0 Å². The fraction of sp³-hybridized carbons (Fsp3) is 1.00. The summed E-state index contributed by atoms with van der Waals surface area (Å²) < 4.78 is 0. The standard InChI is InChI=1S/C9H20N2/c1-8-4-9(5-10-2)7-11(3)6-8/h8-10H,4-7H2,1-3H3. The first-order valence-corrected chi connectivity index (χ1v) is 4.55. The number of rotatable bonds is 2. The summed E-state index contributed by atoms with van der Waals surface area (Å²) in [6.45, 7) is 6.07. The number of hydrogen-bond donors (Lipinski definition) is 1. The van der Waals surface area contributed by atoms with Crippen molar-refractivity contribution in [2.24, 2.45) is 11.8 Å². The Labute approximate surface area is 70.0 Å². The minimum atomic E-state index is 0.869. The average Bonchev–Trinajstić information content (AvgIpc) is 1.85. The van der Waals surface area contributed by atoms with Crippen LogP contribution in [0.2, 0.25) is 0 Å². The number of likely N-dealkylation sites (tertiary alicyclic amines) is 1. The maximum atomic E-state index is 3.25. The maximum Gasteiger partial charge on any atom is 0.00190 e. The van der Waals surface area contributed by atoms with E-state index in [9.17, 15) is 0 Å². The molecule has 1 saturated heterocycles. The van der Waals surface area contributed by atoms with E-state index in [4.69, 9.17) is 0 Å². The molecule has 1 fully saturated rings. The average molecular weight is 156 g/mol. The summed E-state index contributed by atoms with van der Waals surface area (Å²) in [4.78, 5) is 2.44. The molecule has 0 radical (unpaired) electrons. The lowest BCUT2D eigenvalue weighted by Gasteiger charge is -2.33. The van der Waals surface area contributed by atoms with Crippen LogP contribution in [0.1, 0.15) is 13.3 Å². The molecule has 0 spiro atoms. The number of piperidine rings is 1. The Bertz CT molecular complexity index is 104. The van der Waals surface area contributed by atoms with Crippen molar-refractivity contribution in [1.82, 2.24) is 10.2 Å². The van der Waals surface area contributed by atoms with Gasteiger partial charge in [-0.3, -0.25) is 0 Å². The molecule has 2 atom stereocenters. The molecule has 66 valence electrons. The summed E-state index contributed by atoms with van der Waals surface area (Å²) >= 11 is 0. The van der Waals surface area contributed by atoms with Crippen LogP contribution in [-0.2, 0) is 0 Å². The van der Waals surface area contributed by atoms with Gasteiger partial charge in [-0.2, -0.15) is 0 Å². The third kappa shape index (κ3) is 2.80. The van der Waals surface area contributed by atoms with Gasteiger partial charge in [-0.1, -0.05) is 6.92 Å². The van der Waals surface area contributed by atoms with Crippen molar-refractivity contribution in [1.29, 1.82) is 0 Å². The van der Waals surface area contributed by atoms with Gasteiger partial charge in [0, 0.05) is 13.1 Å². The SMILES string of the molecule is CNCC1CC(C)CN(C)C1. The number of hydrogen-bond acceptors (Lipinski definition) is 2. The Morgan fingerprint density at radius 3 is 2.73 bits per heavy atom. The van der Waals surface area contributed by atoms with E-state index >= 15 is 0 Å². The van der Waals surface area contributed by atoms with Crippen molar-refractivity contribution in [2.75, 3.05) is 33.7 Å². The summed E-state index contributed by atoms with van der Waals surface area (Å²) in [6, 6.07) is 0. The third-order valence-electron chi connectivity index (χ3n) is 2.42. The Hall–Kier alpha value is -0.0800. The molecule has 1 heterocycles. The first-order valence-electron chi connectivity index (χ1n) is 4.55. The highest BCUT2D eigenvalue weighted by Crippen LogP contribution is 2.19. The fourth-order valence-electron chi connectivity index (χ4n) is 2.20. The van der Waals surface area contributed by atoms with E-state index in [-0.39, 0.29) is 0 Å². The third-order valence-corrected chi connectivity index (χ3v) is 2.42. The Morgan fingerprint density at radius 1 is 1.45 bits per heavy atom. The fourth-order valence-corrected chi connectivity index (χ4v) is 2.20. The molecule has 0 saturated carbocycles. The lowest BCUT2D eigenvalue weighted by Crippen LogP contribution is -2.40. The Kier molecular flexibility index (Phi) is 3.34. The van der Waals surface area contributed by atoms with Gasteiger partial charge in [0.15, 0.2) is 0 Å². The highest BCUT2D eigenvalue weighted by Gasteiger charge is 2.21. The molecule has 2 heteroatoms. The van der Waals surface area contributed by atoms with Gasteiger partial charge in [-0.25, -0.2) is 0 Å². The zero-order chi connectivity index (χ0) is 8.27. The van der Waals surface area contributed by atoms with Crippen molar-refractivity contribution >= 4 is 0 Å². The quantitative estimate of drug-likeness (QED) is 0.636. The second-order valence-corrected chi connectivity index (χ2v) is 3.99. The summed E-state index contributed by atoms with van der Waals surface area (Å²) in [5, 5.41) is 3.25. The van der Waals surface area contributed by atoms with Crippen LogP contribution in [0.4, 0.5) is 0 Å². The zero-order valence-electron chi connectivity index (χ0n) is 7.93. The maximum absolute atomic E-state index is 3.25. The van der Waals surface area contributed by atoms with Crippen LogP contribution in [0.15, 0.2) is 0 Å². The van der Waals surface area contributed by atoms with Crippen molar-refractivity contribution < 1.29 is 0 Å². The summed E-state index contributed by atoms with van der Waals surface area (Å²) in [7, 11) is 4.26. The lowest BCUT2D eigenvalue weighted by molar-refractivity contribution is 0.160. The number of nitrogens with zero attached hydrogens (tertiary/aromatic N) is 1. The lowest BCUT2D eigenvalue weighted by atomic mass is 9.91. The van der Waals surface area contributed by atoms with Crippen LogP contribution < -0.4 is 5.32 Å². The van der Waals surface area contributed by atoms with Crippen molar-refractivity contribution in [2.45, 2.75) is 13.3 Å². The van der Waals surface area contributed by atoms with Crippen LogP contribution in [0.5, 0.6) is 0 Å². The molecule has 0 aliphatic carbocycles. The van der Waals surface area contributed by atoms with E-state index in [1.54, 1.807) is 0 Å². The summed E-state index contributed by atoms with van der Waals surface area (Å²) in [5.74, 6) is 1.75. The molecule has 0 amide bonds. The minimum absolute atomic E-state index is 0.869. The molecule has 2 unspecified atom stereocenters. The van der Waals surface area contributed by atoms with E-state index in [2.05, 4.69) is 24.2 Å². The second-order valence-electron chi connectivity index (χ2n) is 3.99. The van der Waals surface area contributed by atoms with Crippen LogP contribution >= 0.6 is 0 Å². The molecular formula is C9H20N2. The molecule has 0 aromatic heterocycles. The van der Waals surface area contributed by atoms with E-state index in [0.717, 1.165) is 11.8 Å². The van der Waals surface area contributed by atoms with E-state index in [1.807, 2.05) is 7.05 Å². The van der Waals surface area contributed by atoms with Gasteiger partial charge in [-0.15, -0.1) is 0 Å². The first kappa shape index (κ1) is 9.01. The van der Waals surface area contributed by atoms with Crippen LogP contribution in [0.3, 0.4) is 0 Å². The Morgan fingerprint density at radius 2 is 2.18 bits per heavy atom. The molecule has 1 N–H and O–H groups in total. The molecule has 0 aromatic rings. The highest BCUT2D eigenvalue weighted by atomic mass is 15.1. The molecule has 11 heavy (non-hydrogen) atoms. The van der Waals surface area contributed by atoms with Crippen molar-refractivity contribution in [3.63, 3.8) is 0 Å². The molecule has 1 aliphatic rings. The van der Waals surface area contributed by atoms with E-state index in [1.165, 1.54) is 26.1 Å². The molecule has 0 bridgehead atoms.